The van der Waals surface area contributed by atoms with E-state index < -0.39 is 0 Å². The quantitative estimate of drug-likeness (QED) is 0.875. The predicted molar refractivity (Wildman–Crippen MR) is 83.8 cm³/mol. The van der Waals surface area contributed by atoms with Gasteiger partial charge in [-0.25, -0.2) is 4.98 Å². The van der Waals surface area contributed by atoms with E-state index in [1.54, 1.807) is 6.20 Å². The monoisotopic (exact) mass is 292 g/mol. The molecule has 1 amide bonds. The molecule has 1 aromatic heterocycles. The lowest BCUT2D eigenvalue weighted by Gasteiger charge is -2.23. The first kappa shape index (κ1) is 16.0. The standard InChI is InChI=1S/C16H28N4O/c1-16(2,3)18-11-14-17-9-10-20(14)12-15(21)19-13-7-5-4-6-8-13/h9-10,13,18H,4-8,11-12H2,1-3H3,(H,19,21). The van der Waals surface area contributed by atoms with Crippen LogP contribution in [0, 0.1) is 0 Å². The van der Waals surface area contributed by atoms with Crippen molar-refractivity contribution in [3.63, 3.8) is 0 Å². The molecule has 0 atom stereocenters. The molecule has 0 aromatic carbocycles. The van der Waals surface area contributed by atoms with E-state index >= 15 is 0 Å². The summed E-state index contributed by atoms with van der Waals surface area (Å²) in [6.07, 6.45) is 9.64. The molecule has 1 aromatic rings. The molecule has 1 saturated carbocycles. The van der Waals surface area contributed by atoms with E-state index in [4.69, 9.17) is 0 Å². The van der Waals surface area contributed by atoms with E-state index in [2.05, 4.69) is 36.4 Å². The number of imidazole rings is 1. The molecule has 2 N–H and O–H groups in total. The maximum absolute atomic E-state index is 12.2. The summed E-state index contributed by atoms with van der Waals surface area (Å²) in [6.45, 7) is 7.40. The van der Waals surface area contributed by atoms with Crippen molar-refractivity contribution >= 4 is 5.91 Å². The smallest absolute Gasteiger partial charge is 0.240 e. The van der Waals surface area contributed by atoms with Gasteiger partial charge in [0.1, 0.15) is 12.4 Å². The predicted octanol–water partition coefficient (Wildman–Crippen LogP) is 2.22. The van der Waals surface area contributed by atoms with Gasteiger partial charge in [0.25, 0.3) is 0 Å². The third-order valence-corrected chi connectivity index (χ3v) is 3.86. The second-order valence-electron chi connectivity index (χ2n) is 6.98. The number of nitrogens with zero attached hydrogens (tertiary/aromatic N) is 2. The number of hydrogen-bond acceptors (Lipinski definition) is 3. The minimum atomic E-state index is 0.0428. The van der Waals surface area contributed by atoms with Crippen molar-refractivity contribution in [1.29, 1.82) is 0 Å². The Kier molecular flexibility index (Phi) is 5.39. The summed E-state index contributed by atoms with van der Waals surface area (Å²) in [4.78, 5) is 16.5. The van der Waals surface area contributed by atoms with Gasteiger partial charge >= 0.3 is 0 Å². The van der Waals surface area contributed by atoms with Gasteiger partial charge in [-0.1, -0.05) is 19.3 Å². The lowest BCUT2D eigenvalue weighted by Crippen LogP contribution is -2.39. The number of aromatic nitrogens is 2. The van der Waals surface area contributed by atoms with Gasteiger partial charge in [-0.05, 0) is 33.6 Å². The molecule has 0 unspecified atom stereocenters. The maximum atomic E-state index is 12.2. The summed E-state index contributed by atoms with van der Waals surface area (Å²) in [5, 5.41) is 6.55. The Morgan fingerprint density at radius 2 is 2.05 bits per heavy atom. The average Bonchev–Trinajstić information content (AvgIpc) is 2.84. The van der Waals surface area contributed by atoms with Gasteiger partial charge in [0.2, 0.25) is 5.91 Å². The summed E-state index contributed by atoms with van der Waals surface area (Å²) in [5.74, 6) is 1.00. The van der Waals surface area contributed by atoms with Gasteiger partial charge in [0, 0.05) is 24.0 Å². The maximum Gasteiger partial charge on any atom is 0.240 e. The number of carbonyl (C=O) groups excluding carboxylic acids is 1. The van der Waals surface area contributed by atoms with Crippen molar-refractivity contribution in [2.75, 3.05) is 0 Å². The molecule has 0 saturated heterocycles. The molecule has 0 aliphatic heterocycles. The van der Waals surface area contributed by atoms with Crippen LogP contribution in [0.3, 0.4) is 0 Å². The zero-order valence-electron chi connectivity index (χ0n) is 13.5. The van der Waals surface area contributed by atoms with Crippen LogP contribution in [-0.2, 0) is 17.9 Å². The van der Waals surface area contributed by atoms with Gasteiger partial charge in [0.15, 0.2) is 0 Å². The lowest BCUT2D eigenvalue weighted by molar-refractivity contribution is -0.122. The highest BCUT2D eigenvalue weighted by atomic mass is 16.2. The zero-order chi connectivity index (χ0) is 15.3. The molecule has 1 aliphatic carbocycles. The van der Waals surface area contributed by atoms with Crippen molar-refractivity contribution in [1.82, 2.24) is 20.2 Å². The van der Waals surface area contributed by atoms with Crippen LogP contribution in [0.15, 0.2) is 12.4 Å². The summed E-state index contributed by atoms with van der Waals surface area (Å²) >= 11 is 0. The Morgan fingerprint density at radius 3 is 2.71 bits per heavy atom. The van der Waals surface area contributed by atoms with E-state index in [-0.39, 0.29) is 11.4 Å². The molecular weight excluding hydrogens is 264 g/mol. The fourth-order valence-corrected chi connectivity index (χ4v) is 2.67. The summed E-state index contributed by atoms with van der Waals surface area (Å²) < 4.78 is 1.93. The fourth-order valence-electron chi connectivity index (χ4n) is 2.67. The summed E-state index contributed by atoms with van der Waals surface area (Å²) in [6, 6.07) is 0.367. The Bertz CT molecular complexity index is 455. The molecular formula is C16H28N4O. The van der Waals surface area contributed by atoms with Gasteiger partial charge < -0.3 is 15.2 Å². The minimum Gasteiger partial charge on any atom is -0.352 e. The normalized spacial score (nSPS) is 16.9. The first-order valence-corrected chi connectivity index (χ1v) is 7.98. The summed E-state index contributed by atoms with van der Waals surface area (Å²) in [7, 11) is 0. The average molecular weight is 292 g/mol. The molecule has 1 fully saturated rings. The van der Waals surface area contributed by atoms with Crippen LogP contribution in [0.25, 0.3) is 0 Å². The highest BCUT2D eigenvalue weighted by molar-refractivity contribution is 5.76. The molecule has 21 heavy (non-hydrogen) atoms. The number of hydrogen-bond donors (Lipinski definition) is 2. The number of carbonyl (C=O) groups is 1. The van der Waals surface area contributed by atoms with E-state index in [0.717, 1.165) is 18.7 Å². The third-order valence-electron chi connectivity index (χ3n) is 3.86. The third kappa shape index (κ3) is 5.50. The van der Waals surface area contributed by atoms with Gasteiger partial charge in [-0.15, -0.1) is 0 Å². The Morgan fingerprint density at radius 1 is 1.33 bits per heavy atom. The molecule has 0 spiro atoms. The summed E-state index contributed by atoms with van der Waals surface area (Å²) in [5.41, 5.74) is 0.0428. The Balaban J connectivity index is 1.84. The van der Waals surface area contributed by atoms with Crippen LogP contribution in [0.4, 0.5) is 0 Å². The van der Waals surface area contributed by atoms with Crippen LogP contribution in [0.1, 0.15) is 58.7 Å². The van der Waals surface area contributed by atoms with Crippen LogP contribution in [0.5, 0.6) is 0 Å². The zero-order valence-corrected chi connectivity index (χ0v) is 13.5. The van der Waals surface area contributed by atoms with Crippen LogP contribution in [-0.4, -0.2) is 27.0 Å². The highest BCUT2D eigenvalue weighted by Crippen LogP contribution is 2.17. The molecule has 5 heteroatoms. The topological polar surface area (TPSA) is 59.0 Å². The van der Waals surface area contributed by atoms with Crippen LogP contribution >= 0.6 is 0 Å². The second-order valence-corrected chi connectivity index (χ2v) is 6.98. The van der Waals surface area contributed by atoms with Gasteiger partial charge in [-0.2, -0.15) is 0 Å². The SMILES string of the molecule is CC(C)(C)NCc1nccn1CC(=O)NC1CCCCC1. The number of amides is 1. The van der Waals surface area contributed by atoms with Gasteiger partial charge in [0.05, 0.1) is 6.54 Å². The van der Waals surface area contributed by atoms with Crippen molar-refractivity contribution in [3.8, 4) is 0 Å². The molecule has 1 aliphatic rings. The molecule has 0 radical (unpaired) electrons. The molecule has 0 bridgehead atoms. The minimum absolute atomic E-state index is 0.0428. The van der Waals surface area contributed by atoms with E-state index in [1.165, 1.54) is 19.3 Å². The van der Waals surface area contributed by atoms with E-state index in [1.807, 2.05) is 10.8 Å². The van der Waals surface area contributed by atoms with Crippen molar-refractivity contribution in [2.45, 2.75) is 77.5 Å². The van der Waals surface area contributed by atoms with Crippen LogP contribution < -0.4 is 10.6 Å². The molecule has 118 valence electrons. The van der Waals surface area contributed by atoms with E-state index in [9.17, 15) is 4.79 Å². The second kappa shape index (κ2) is 7.07. The van der Waals surface area contributed by atoms with Crippen LogP contribution in [0.2, 0.25) is 0 Å². The first-order chi connectivity index (χ1) is 9.94. The first-order valence-electron chi connectivity index (χ1n) is 7.98. The molecule has 2 rings (SSSR count). The number of rotatable bonds is 5. The lowest BCUT2D eigenvalue weighted by atomic mass is 9.95. The van der Waals surface area contributed by atoms with Gasteiger partial charge in [-0.3, -0.25) is 4.79 Å². The fraction of sp³-hybridized carbons (Fsp3) is 0.750. The van der Waals surface area contributed by atoms with Crippen molar-refractivity contribution in [2.24, 2.45) is 0 Å². The Labute approximate surface area is 127 Å². The van der Waals surface area contributed by atoms with Crippen molar-refractivity contribution < 1.29 is 4.79 Å². The molecule has 1 heterocycles. The van der Waals surface area contributed by atoms with Crippen molar-refractivity contribution in [3.05, 3.63) is 18.2 Å². The largest absolute Gasteiger partial charge is 0.352 e. The van der Waals surface area contributed by atoms with E-state index in [0.29, 0.717) is 19.1 Å². The highest BCUT2D eigenvalue weighted by Gasteiger charge is 2.17. The Hall–Kier alpha value is -1.36. The number of nitrogens with one attached hydrogen (secondary N) is 2. The molecule has 5 nitrogen and oxygen atoms in total.